The number of aromatic nitrogens is 2. The first kappa shape index (κ1) is 37.2. The predicted molar refractivity (Wildman–Crippen MR) is 202 cm³/mol. The molecular weight excluding hydrogens is 737 g/mol. The Morgan fingerprint density at radius 3 is 1.46 bits per heavy atom. The minimum Gasteiger partial charge on any atom is -0.494 e. The van der Waals surface area contributed by atoms with Crippen molar-refractivity contribution < 1.29 is 36.5 Å². The molecule has 0 aliphatic rings. The second-order valence-electron chi connectivity index (χ2n) is 11.4. The molecule has 0 bridgehead atoms. The number of azo groups is 2. The van der Waals surface area contributed by atoms with Crippen LogP contribution in [0.4, 0.5) is 22.7 Å². The molecule has 5 aromatic carbocycles. The van der Waals surface area contributed by atoms with Gasteiger partial charge in [-0.25, -0.2) is 27.1 Å². The van der Waals surface area contributed by atoms with E-state index in [0.29, 0.717) is 57.0 Å². The van der Waals surface area contributed by atoms with Gasteiger partial charge in [0.2, 0.25) is 31.8 Å². The normalized spacial score (nSPS) is 12.0. The molecule has 0 radical (unpaired) electrons. The number of hydrogen-bond donors (Lipinski definition) is 6. The van der Waals surface area contributed by atoms with E-state index >= 15 is 0 Å². The monoisotopic (exact) mass is 768 g/mol. The highest BCUT2D eigenvalue weighted by molar-refractivity contribution is 7.89. The van der Waals surface area contributed by atoms with E-state index in [0.717, 1.165) is 0 Å². The van der Waals surface area contributed by atoms with Gasteiger partial charge in [-0.3, -0.25) is 0 Å². The van der Waals surface area contributed by atoms with Gasteiger partial charge in [0.1, 0.15) is 17.2 Å². The van der Waals surface area contributed by atoms with Gasteiger partial charge >= 0.3 is 0 Å². The van der Waals surface area contributed by atoms with Crippen LogP contribution in [0.5, 0.6) is 29.0 Å². The smallest absolute Gasteiger partial charge is 0.238 e. The van der Waals surface area contributed by atoms with Gasteiger partial charge in [0.25, 0.3) is 0 Å². The average molecular weight is 769 g/mol. The molecule has 2 heterocycles. The summed E-state index contributed by atoms with van der Waals surface area (Å²) in [6.07, 6.45) is 0. The fourth-order valence-electron chi connectivity index (χ4n) is 5.06. The number of aromatic amines is 2. The number of aromatic hydroxyl groups is 2. The summed E-state index contributed by atoms with van der Waals surface area (Å²) in [4.78, 5) is 5.64. The number of fused-ring (bicyclic) bond motifs is 2. The molecule has 2 aromatic heterocycles. The van der Waals surface area contributed by atoms with Crippen molar-refractivity contribution in [3.63, 3.8) is 0 Å². The number of nitrogens with two attached hydrogens (primary N) is 2. The van der Waals surface area contributed by atoms with Crippen LogP contribution in [0.2, 0.25) is 0 Å². The van der Waals surface area contributed by atoms with Crippen LogP contribution in [-0.2, 0) is 20.0 Å². The lowest BCUT2D eigenvalue weighted by Gasteiger charge is -2.05. The summed E-state index contributed by atoms with van der Waals surface area (Å²) in [5, 5.41) is 47.9. The van der Waals surface area contributed by atoms with Crippen LogP contribution in [0.1, 0.15) is 6.92 Å². The Labute approximate surface area is 308 Å². The standard InChI is InChI=1S/C20H16N4O4S.C16H16N4O4S/c21-29(26,27)16-9-6-13(7-10-16)23-24-19-17-11-8-15(12-18(17)22-20(19)25)28-14-4-2-1-3-5-14;1-2-24-11-5-8-13-14(9-11)18-16(21)15(13)20-19-10-3-6-12(7-4-10)25(17,22)23/h1-12,22,25H,(H2,21,26,27);3-9,18,21H,2H2,1H3,(H2,17,22,23). The lowest BCUT2D eigenvalue weighted by molar-refractivity contribution is 0.340. The third-order valence-electron chi connectivity index (χ3n) is 7.60. The number of H-pyrrole nitrogens is 2. The van der Waals surface area contributed by atoms with Crippen molar-refractivity contribution in [2.45, 2.75) is 16.7 Å². The highest BCUT2D eigenvalue weighted by Gasteiger charge is 2.14. The number of nitrogens with one attached hydrogen (secondary N) is 2. The lowest BCUT2D eigenvalue weighted by Crippen LogP contribution is -2.11. The summed E-state index contributed by atoms with van der Waals surface area (Å²) < 4.78 is 56.3. The van der Waals surface area contributed by atoms with Crippen LogP contribution < -0.4 is 19.8 Å². The molecule has 0 aliphatic carbocycles. The highest BCUT2D eigenvalue weighted by Crippen LogP contribution is 2.39. The summed E-state index contributed by atoms with van der Waals surface area (Å²) in [6, 6.07) is 31.2. The molecule has 0 atom stereocenters. The molecule has 7 rings (SSSR count). The van der Waals surface area contributed by atoms with Crippen LogP contribution in [0.15, 0.2) is 146 Å². The number of ether oxygens (including phenoxy) is 2. The number of para-hydroxylation sites is 1. The molecule has 16 nitrogen and oxygen atoms in total. The maximum Gasteiger partial charge on any atom is 0.238 e. The first-order valence-electron chi connectivity index (χ1n) is 15.9. The van der Waals surface area contributed by atoms with Crippen molar-refractivity contribution in [1.82, 2.24) is 9.97 Å². The topological polar surface area (TPSA) is 260 Å². The summed E-state index contributed by atoms with van der Waals surface area (Å²) in [5.41, 5.74) is 2.69. The van der Waals surface area contributed by atoms with E-state index in [4.69, 9.17) is 19.8 Å². The number of sulfonamides is 2. The van der Waals surface area contributed by atoms with Gasteiger partial charge in [-0.2, -0.15) is 10.2 Å². The zero-order valence-corrected chi connectivity index (χ0v) is 29.9. The minimum absolute atomic E-state index is 0.00940. The first-order chi connectivity index (χ1) is 25.8. The fourth-order valence-corrected chi connectivity index (χ4v) is 6.09. The Kier molecular flexibility index (Phi) is 10.7. The highest BCUT2D eigenvalue weighted by atomic mass is 32.2. The molecule has 0 aliphatic heterocycles. The Morgan fingerprint density at radius 1 is 0.574 bits per heavy atom. The Hall–Kier alpha value is -6.60. The molecule has 0 saturated heterocycles. The van der Waals surface area contributed by atoms with E-state index in [-0.39, 0.29) is 32.9 Å². The van der Waals surface area contributed by atoms with Gasteiger partial charge < -0.3 is 29.7 Å². The maximum absolute atomic E-state index is 11.3. The third kappa shape index (κ3) is 8.88. The number of rotatable bonds is 10. The predicted octanol–water partition coefficient (Wildman–Crippen LogP) is 8.06. The largest absolute Gasteiger partial charge is 0.494 e. The minimum atomic E-state index is -3.77. The van der Waals surface area contributed by atoms with Gasteiger partial charge in [-0.05, 0) is 91.9 Å². The van der Waals surface area contributed by atoms with Crippen molar-refractivity contribution >= 4 is 64.6 Å². The van der Waals surface area contributed by atoms with E-state index < -0.39 is 20.0 Å². The number of nitrogens with zero attached hydrogens (tertiary/aromatic N) is 4. The van der Waals surface area contributed by atoms with E-state index in [1.807, 2.05) is 37.3 Å². The van der Waals surface area contributed by atoms with Crippen LogP contribution in [0, 0.1) is 0 Å². The lowest BCUT2D eigenvalue weighted by atomic mass is 10.2. The van der Waals surface area contributed by atoms with E-state index in [2.05, 4.69) is 30.4 Å². The van der Waals surface area contributed by atoms with Crippen molar-refractivity contribution in [3.8, 4) is 29.0 Å². The van der Waals surface area contributed by atoms with Gasteiger partial charge in [0.05, 0.1) is 38.8 Å². The van der Waals surface area contributed by atoms with Gasteiger partial charge in [-0.15, -0.1) is 10.2 Å². The Balaban J connectivity index is 0.000000186. The van der Waals surface area contributed by atoms with Crippen LogP contribution in [0.3, 0.4) is 0 Å². The molecule has 0 saturated carbocycles. The summed E-state index contributed by atoms with van der Waals surface area (Å²) in [7, 11) is -7.52. The Bertz CT molecular complexity index is 2710. The fraction of sp³-hybridized carbons (Fsp3) is 0.0556. The summed E-state index contributed by atoms with van der Waals surface area (Å²) in [5.74, 6) is 1.73. The van der Waals surface area contributed by atoms with E-state index in [9.17, 15) is 27.0 Å². The molecule has 8 N–H and O–H groups in total. The molecule has 276 valence electrons. The Morgan fingerprint density at radius 2 is 1.02 bits per heavy atom. The second-order valence-corrected chi connectivity index (χ2v) is 14.5. The number of hydrogen-bond acceptors (Lipinski definition) is 12. The molecule has 7 aromatic rings. The summed E-state index contributed by atoms with van der Waals surface area (Å²) in [6.45, 7) is 2.43. The molecule has 0 amide bonds. The number of benzene rings is 5. The van der Waals surface area contributed by atoms with Gasteiger partial charge in [0, 0.05) is 22.9 Å². The van der Waals surface area contributed by atoms with Crippen molar-refractivity contribution in [2.75, 3.05) is 6.61 Å². The van der Waals surface area contributed by atoms with Gasteiger partial charge in [0.15, 0.2) is 11.4 Å². The molecule has 0 spiro atoms. The summed E-state index contributed by atoms with van der Waals surface area (Å²) >= 11 is 0. The van der Waals surface area contributed by atoms with Crippen molar-refractivity contribution in [3.05, 3.63) is 115 Å². The van der Waals surface area contributed by atoms with Crippen LogP contribution in [-0.4, -0.2) is 43.6 Å². The zero-order valence-electron chi connectivity index (χ0n) is 28.3. The molecular formula is C36H32N8O8S2. The molecule has 18 heteroatoms. The maximum atomic E-state index is 11.3. The zero-order chi connectivity index (χ0) is 38.5. The quantitative estimate of drug-likeness (QED) is 0.0739. The van der Waals surface area contributed by atoms with E-state index in [1.54, 1.807) is 36.4 Å². The molecule has 54 heavy (non-hydrogen) atoms. The van der Waals surface area contributed by atoms with Gasteiger partial charge in [-0.1, -0.05) is 18.2 Å². The molecule has 0 unspecified atom stereocenters. The van der Waals surface area contributed by atoms with E-state index in [1.165, 1.54) is 48.5 Å². The third-order valence-corrected chi connectivity index (χ3v) is 9.46. The van der Waals surface area contributed by atoms with Crippen molar-refractivity contribution in [1.29, 1.82) is 0 Å². The van der Waals surface area contributed by atoms with Crippen LogP contribution >= 0.6 is 0 Å². The van der Waals surface area contributed by atoms with Crippen molar-refractivity contribution in [2.24, 2.45) is 30.7 Å². The number of primary sulfonamides is 2. The average Bonchev–Trinajstić information content (AvgIpc) is 3.63. The molecule has 0 fully saturated rings. The van der Waals surface area contributed by atoms with Crippen LogP contribution in [0.25, 0.3) is 21.8 Å². The first-order valence-corrected chi connectivity index (χ1v) is 19.0. The SMILES string of the molecule is CCOc1ccc2c(N=Nc3ccc(S(N)(=O)=O)cc3)c(O)[nH]c2c1.NS(=O)(=O)c1ccc(N=Nc2c(O)[nH]c3cc(Oc4ccccc4)ccc23)cc1. The second kappa shape index (κ2) is 15.6.